The maximum Gasteiger partial charge on any atom is 0.327 e. The molecule has 1 heterocycles. The van der Waals surface area contributed by atoms with Crippen molar-refractivity contribution < 1.29 is 34.2 Å². The number of nitrogens with zero attached hydrogens (tertiary/aromatic N) is 1. The quantitative estimate of drug-likeness (QED) is 0.214. The average Bonchev–Trinajstić information content (AvgIpc) is 3.13. The topological polar surface area (TPSA) is 179 Å². The fourth-order valence-corrected chi connectivity index (χ4v) is 3.46. The van der Waals surface area contributed by atoms with Crippen LogP contribution in [0.1, 0.15) is 39.5 Å². The van der Waals surface area contributed by atoms with E-state index in [4.69, 9.17) is 15.9 Å². The van der Waals surface area contributed by atoms with E-state index in [0.29, 0.717) is 12.8 Å². The Morgan fingerprint density at radius 1 is 1.13 bits per heavy atom. The van der Waals surface area contributed by atoms with E-state index >= 15 is 0 Å². The van der Waals surface area contributed by atoms with Crippen LogP contribution in [0.2, 0.25) is 0 Å². The maximum absolute atomic E-state index is 13.1. The molecule has 0 radical (unpaired) electrons. The molecule has 1 aliphatic heterocycles. The molecular formula is C18H30N4O7S. The summed E-state index contributed by atoms with van der Waals surface area (Å²) in [6.07, 6.45) is 0.591. The Labute approximate surface area is 180 Å². The number of thiol groups is 1. The molecule has 1 aliphatic rings. The van der Waals surface area contributed by atoms with Crippen molar-refractivity contribution >= 4 is 42.3 Å². The van der Waals surface area contributed by atoms with Gasteiger partial charge in [0.1, 0.15) is 18.1 Å². The minimum absolute atomic E-state index is 0.0189. The Bertz CT molecular complexity index is 673. The van der Waals surface area contributed by atoms with Gasteiger partial charge in [-0.15, -0.1) is 0 Å². The van der Waals surface area contributed by atoms with Crippen LogP contribution in [0.4, 0.5) is 0 Å². The number of hydrogen-bond donors (Lipinski definition) is 6. The van der Waals surface area contributed by atoms with Crippen molar-refractivity contribution in [2.75, 3.05) is 12.3 Å². The summed E-state index contributed by atoms with van der Waals surface area (Å²) in [7, 11) is 0. The molecule has 0 spiro atoms. The van der Waals surface area contributed by atoms with Gasteiger partial charge in [0.2, 0.25) is 17.7 Å². The van der Waals surface area contributed by atoms with Gasteiger partial charge >= 0.3 is 11.9 Å². The summed E-state index contributed by atoms with van der Waals surface area (Å²) in [5, 5.41) is 22.8. The van der Waals surface area contributed by atoms with Crippen LogP contribution in [-0.4, -0.2) is 81.2 Å². The van der Waals surface area contributed by atoms with Gasteiger partial charge in [0, 0.05) is 12.3 Å². The maximum atomic E-state index is 13.1. The predicted octanol–water partition coefficient (Wildman–Crippen LogP) is -1.19. The molecule has 0 aromatic heterocycles. The number of carboxylic acids is 2. The summed E-state index contributed by atoms with van der Waals surface area (Å²) in [5.41, 5.74) is 5.58. The molecule has 4 unspecified atom stereocenters. The summed E-state index contributed by atoms with van der Waals surface area (Å²) in [6, 6.07) is -4.34. The van der Waals surface area contributed by atoms with E-state index in [9.17, 15) is 24.0 Å². The number of aliphatic carboxylic acids is 2. The number of likely N-dealkylation sites (tertiary alicyclic amines) is 1. The molecule has 6 N–H and O–H groups in total. The van der Waals surface area contributed by atoms with Gasteiger partial charge in [0.05, 0.1) is 12.5 Å². The van der Waals surface area contributed by atoms with Gasteiger partial charge in [0.15, 0.2) is 0 Å². The summed E-state index contributed by atoms with van der Waals surface area (Å²) < 4.78 is 0. The summed E-state index contributed by atoms with van der Waals surface area (Å²) >= 11 is 3.91. The number of carboxylic acid groups (broad SMARTS) is 2. The minimum Gasteiger partial charge on any atom is -0.481 e. The molecule has 30 heavy (non-hydrogen) atoms. The zero-order valence-electron chi connectivity index (χ0n) is 17.0. The monoisotopic (exact) mass is 446 g/mol. The Balaban J connectivity index is 2.93. The van der Waals surface area contributed by atoms with Gasteiger partial charge in [-0.25, -0.2) is 4.79 Å². The van der Waals surface area contributed by atoms with Crippen LogP contribution in [0.25, 0.3) is 0 Å². The molecule has 12 heteroatoms. The average molecular weight is 447 g/mol. The molecule has 0 aromatic carbocycles. The number of nitrogens with two attached hydrogens (primary N) is 1. The largest absolute Gasteiger partial charge is 0.481 e. The van der Waals surface area contributed by atoms with Crippen molar-refractivity contribution in [3.8, 4) is 0 Å². The molecule has 0 saturated carbocycles. The van der Waals surface area contributed by atoms with Crippen LogP contribution >= 0.6 is 12.6 Å². The smallest absolute Gasteiger partial charge is 0.327 e. The zero-order chi connectivity index (χ0) is 23.0. The SMILES string of the molecule is CC(C)CC(NC(=O)C(N)CC(=O)O)C(=O)N1CCCC1C(=O)NC(CS)C(=O)O. The molecule has 4 atom stereocenters. The lowest BCUT2D eigenvalue weighted by molar-refractivity contribution is -0.144. The molecule has 1 fully saturated rings. The molecule has 170 valence electrons. The second-order valence-corrected chi connectivity index (χ2v) is 8.03. The molecule has 3 amide bonds. The summed E-state index contributed by atoms with van der Waals surface area (Å²) in [6.45, 7) is 3.98. The number of amides is 3. The van der Waals surface area contributed by atoms with Gasteiger partial charge in [-0.1, -0.05) is 13.8 Å². The first kappa shape index (κ1) is 25.7. The Kier molecular flexibility index (Phi) is 10.1. The van der Waals surface area contributed by atoms with Crippen molar-refractivity contribution in [1.29, 1.82) is 0 Å². The van der Waals surface area contributed by atoms with Gasteiger partial charge in [-0.3, -0.25) is 19.2 Å². The molecule has 1 rings (SSSR count). The Morgan fingerprint density at radius 2 is 1.77 bits per heavy atom. The van der Waals surface area contributed by atoms with E-state index in [1.54, 1.807) is 0 Å². The lowest BCUT2D eigenvalue weighted by Crippen LogP contribution is -2.57. The van der Waals surface area contributed by atoms with E-state index in [0.717, 1.165) is 0 Å². The lowest BCUT2D eigenvalue weighted by atomic mass is 10.0. The van der Waals surface area contributed by atoms with Gasteiger partial charge < -0.3 is 31.5 Å². The Morgan fingerprint density at radius 3 is 2.27 bits per heavy atom. The highest BCUT2D eigenvalue weighted by atomic mass is 32.1. The molecule has 11 nitrogen and oxygen atoms in total. The first-order valence-electron chi connectivity index (χ1n) is 9.70. The highest BCUT2D eigenvalue weighted by molar-refractivity contribution is 7.80. The highest BCUT2D eigenvalue weighted by Gasteiger charge is 2.39. The third-order valence-electron chi connectivity index (χ3n) is 4.69. The van der Waals surface area contributed by atoms with Crippen LogP contribution < -0.4 is 16.4 Å². The fourth-order valence-electron chi connectivity index (χ4n) is 3.21. The lowest BCUT2D eigenvalue weighted by Gasteiger charge is -2.30. The van der Waals surface area contributed by atoms with Crippen molar-refractivity contribution in [1.82, 2.24) is 15.5 Å². The standard InChI is InChI=1S/C18H30N4O7S/c1-9(2)6-11(20-15(25)10(19)7-14(23)24)17(27)22-5-3-4-13(22)16(26)21-12(8-30)18(28)29/h9-13,30H,3-8,19H2,1-2H3,(H,20,25)(H,21,26)(H,23,24)(H,28,29). The number of hydrogen-bond acceptors (Lipinski definition) is 7. The predicted molar refractivity (Wildman–Crippen MR) is 110 cm³/mol. The normalized spacial score (nSPS) is 19.1. The third-order valence-corrected chi connectivity index (χ3v) is 5.05. The van der Waals surface area contributed by atoms with Gasteiger partial charge in [0.25, 0.3) is 0 Å². The molecular weight excluding hydrogens is 416 g/mol. The van der Waals surface area contributed by atoms with Crippen molar-refractivity contribution in [2.45, 2.75) is 63.7 Å². The molecule has 0 aromatic rings. The number of carbonyl (C=O) groups excluding carboxylic acids is 3. The fraction of sp³-hybridized carbons (Fsp3) is 0.722. The van der Waals surface area contributed by atoms with E-state index in [-0.39, 0.29) is 24.6 Å². The molecule has 0 aliphatic carbocycles. The third kappa shape index (κ3) is 7.48. The first-order chi connectivity index (χ1) is 14.0. The van der Waals surface area contributed by atoms with E-state index < -0.39 is 60.2 Å². The van der Waals surface area contributed by atoms with Gasteiger partial charge in [-0.2, -0.15) is 12.6 Å². The molecule has 1 saturated heterocycles. The van der Waals surface area contributed by atoms with E-state index in [2.05, 4.69) is 23.3 Å². The van der Waals surface area contributed by atoms with Crippen molar-refractivity contribution in [3.05, 3.63) is 0 Å². The van der Waals surface area contributed by atoms with Crippen LogP contribution in [0, 0.1) is 5.92 Å². The van der Waals surface area contributed by atoms with E-state index in [1.165, 1.54) is 4.90 Å². The van der Waals surface area contributed by atoms with Crippen LogP contribution in [0.3, 0.4) is 0 Å². The minimum atomic E-state index is -1.31. The molecule has 0 bridgehead atoms. The summed E-state index contributed by atoms with van der Waals surface area (Å²) in [5.74, 6) is -4.41. The van der Waals surface area contributed by atoms with Crippen LogP contribution in [0.5, 0.6) is 0 Å². The number of rotatable bonds is 11. The number of carbonyl (C=O) groups is 5. The summed E-state index contributed by atoms with van der Waals surface area (Å²) in [4.78, 5) is 61.1. The van der Waals surface area contributed by atoms with E-state index in [1.807, 2.05) is 13.8 Å². The number of nitrogens with one attached hydrogen (secondary N) is 2. The Hall–Kier alpha value is -2.34. The van der Waals surface area contributed by atoms with Crippen LogP contribution in [0.15, 0.2) is 0 Å². The second-order valence-electron chi connectivity index (χ2n) is 7.67. The first-order valence-corrected chi connectivity index (χ1v) is 10.3. The second kappa shape index (κ2) is 11.7. The highest BCUT2D eigenvalue weighted by Crippen LogP contribution is 2.21. The van der Waals surface area contributed by atoms with Crippen molar-refractivity contribution in [2.24, 2.45) is 11.7 Å². The van der Waals surface area contributed by atoms with Gasteiger partial charge in [-0.05, 0) is 25.2 Å². The van der Waals surface area contributed by atoms with Crippen LogP contribution in [-0.2, 0) is 24.0 Å². The zero-order valence-corrected chi connectivity index (χ0v) is 17.9. The van der Waals surface area contributed by atoms with Crippen molar-refractivity contribution in [3.63, 3.8) is 0 Å².